The van der Waals surface area contributed by atoms with Gasteiger partial charge >= 0.3 is 0 Å². The molecule has 0 unspecified atom stereocenters. The van der Waals surface area contributed by atoms with E-state index in [0.717, 1.165) is 5.56 Å². The Bertz CT molecular complexity index is 442. The summed E-state index contributed by atoms with van der Waals surface area (Å²) >= 11 is 0. The zero-order chi connectivity index (χ0) is 10.6. The average Bonchev–Trinajstić information content (AvgIpc) is 2.16. The van der Waals surface area contributed by atoms with E-state index in [1.165, 1.54) is 18.4 Å². The van der Waals surface area contributed by atoms with Crippen LogP contribution < -0.4 is 0 Å². The van der Waals surface area contributed by atoms with Gasteiger partial charge in [-0.05, 0) is 19.1 Å². The topological polar surface area (TPSA) is 67.2 Å². The maximum Gasteiger partial charge on any atom is 0.287 e. The van der Waals surface area contributed by atoms with Crippen molar-refractivity contribution in [2.75, 3.05) is 5.94 Å². The Hall–Kier alpha value is -1.54. The van der Waals surface area contributed by atoms with E-state index in [1.54, 1.807) is 12.1 Å². The lowest BCUT2D eigenvalue weighted by molar-refractivity contribution is 0.328. The van der Waals surface area contributed by atoms with E-state index >= 15 is 0 Å². The zero-order valence-electron chi connectivity index (χ0n) is 7.60. The molecule has 1 aromatic carbocycles. The molecule has 0 fully saturated rings. The van der Waals surface area contributed by atoms with Gasteiger partial charge in [0.05, 0.1) is 4.90 Å². The molecule has 14 heavy (non-hydrogen) atoms. The van der Waals surface area contributed by atoms with Crippen molar-refractivity contribution in [2.45, 2.75) is 11.8 Å². The first kappa shape index (κ1) is 10.5. The van der Waals surface area contributed by atoms with Crippen LogP contribution >= 0.6 is 0 Å². The maximum atomic E-state index is 11.4. The highest BCUT2D eigenvalue weighted by Crippen LogP contribution is 2.11. The van der Waals surface area contributed by atoms with E-state index in [2.05, 4.69) is 4.74 Å². The minimum atomic E-state index is -3.48. The summed E-state index contributed by atoms with van der Waals surface area (Å²) in [6.45, 7) is 1.86. The van der Waals surface area contributed by atoms with Crippen molar-refractivity contribution in [1.82, 2.24) is 0 Å². The fourth-order valence-corrected chi connectivity index (χ4v) is 1.81. The van der Waals surface area contributed by atoms with Gasteiger partial charge in [0, 0.05) is 0 Å². The van der Waals surface area contributed by atoms with Gasteiger partial charge in [0.15, 0.2) is 0 Å². The summed E-state index contributed by atoms with van der Waals surface area (Å²) in [4.78, 5) is 0.165. The van der Waals surface area contributed by atoms with Crippen molar-refractivity contribution >= 4 is 9.84 Å². The van der Waals surface area contributed by atoms with Crippen LogP contribution in [0.5, 0.6) is 0 Å². The van der Waals surface area contributed by atoms with E-state index in [4.69, 9.17) is 5.26 Å². The summed E-state index contributed by atoms with van der Waals surface area (Å²) in [5.74, 6) is -0.605. The molecule has 0 saturated heterocycles. The Morgan fingerprint density at radius 1 is 1.36 bits per heavy atom. The van der Waals surface area contributed by atoms with Crippen LogP contribution in [0.4, 0.5) is 0 Å². The van der Waals surface area contributed by atoms with Crippen LogP contribution in [0.2, 0.25) is 0 Å². The van der Waals surface area contributed by atoms with Crippen LogP contribution in [-0.2, 0) is 14.6 Å². The van der Waals surface area contributed by atoms with Gasteiger partial charge in [-0.3, -0.25) is 0 Å². The molecule has 0 amide bonds. The zero-order valence-corrected chi connectivity index (χ0v) is 8.41. The Morgan fingerprint density at radius 3 is 2.43 bits per heavy atom. The molecule has 0 aliphatic heterocycles. The summed E-state index contributed by atoms with van der Waals surface area (Å²) in [5.41, 5.74) is 0.977. The van der Waals surface area contributed by atoms with Crippen molar-refractivity contribution in [2.24, 2.45) is 0 Å². The van der Waals surface area contributed by atoms with Crippen molar-refractivity contribution < 1.29 is 13.2 Å². The molecule has 1 aromatic rings. The van der Waals surface area contributed by atoms with Gasteiger partial charge in [0.1, 0.15) is 0 Å². The summed E-state index contributed by atoms with van der Waals surface area (Å²) in [5, 5.41) is 8.08. The van der Waals surface area contributed by atoms with Gasteiger partial charge in [-0.2, -0.15) is 5.26 Å². The van der Waals surface area contributed by atoms with Crippen LogP contribution in [0, 0.1) is 18.4 Å². The first-order chi connectivity index (χ1) is 6.56. The van der Waals surface area contributed by atoms with Crippen molar-refractivity contribution in [1.29, 1.82) is 5.26 Å². The highest BCUT2D eigenvalue weighted by atomic mass is 32.2. The van der Waals surface area contributed by atoms with Gasteiger partial charge in [-0.25, -0.2) is 8.42 Å². The molecule has 0 spiro atoms. The monoisotopic (exact) mass is 211 g/mol. The molecule has 0 N–H and O–H groups in total. The Balaban J connectivity index is 2.94. The lowest BCUT2D eigenvalue weighted by Gasteiger charge is -2.01. The SMILES string of the molecule is Cc1ccc(S(=O)(=O)COC#N)cc1. The molecule has 0 radical (unpaired) electrons. The minimum absolute atomic E-state index is 0.165. The third kappa shape index (κ3) is 2.47. The van der Waals surface area contributed by atoms with Crippen molar-refractivity contribution in [3.63, 3.8) is 0 Å². The van der Waals surface area contributed by atoms with E-state index in [1.807, 2.05) is 6.92 Å². The predicted molar refractivity (Wildman–Crippen MR) is 49.9 cm³/mol. The first-order valence-corrected chi connectivity index (χ1v) is 5.52. The second kappa shape index (κ2) is 4.11. The predicted octanol–water partition coefficient (Wildman–Crippen LogP) is 1.22. The summed E-state index contributed by atoms with van der Waals surface area (Å²) < 4.78 is 27.1. The number of hydrogen-bond acceptors (Lipinski definition) is 4. The number of rotatable bonds is 3. The smallest absolute Gasteiger partial charge is 0.287 e. The third-order valence-corrected chi connectivity index (χ3v) is 3.08. The molecule has 0 aliphatic carbocycles. The van der Waals surface area contributed by atoms with Gasteiger partial charge in [-0.15, -0.1) is 0 Å². The summed E-state index contributed by atoms with van der Waals surface area (Å²) in [6.07, 6.45) is 1.33. The highest BCUT2D eigenvalue weighted by Gasteiger charge is 2.14. The van der Waals surface area contributed by atoms with Crippen LogP contribution in [0.15, 0.2) is 29.2 Å². The van der Waals surface area contributed by atoms with Gasteiger partial charge in [0.2, 0.25) is 15.8 Å². The van der Waals surface area contributed by atoms with Crippen LogP contribution in [0.1, 0.15) is 5.56 Å². The Labute approximate surface area is 82.7 Å². The summed E-state index contributed by atoms with van der Waals surface area (Å²) in [7, 11) is -3.48. The number of sulfone groups is 1. The van der Waals surface area contributed by atoms with Crippen LogP contribution in [-0.4, -0.2) is 14.4 Å². The van der Waals surface area contributed by atoms with E-state index in [9.17, 15) is 8.42 Å². The van der Waals surface area contributed by atoms with Gasteiger partial charge < -0.3 is 4.74 Å². The normalized spacial score (nSPS) is 10.6. The van der Waals surface area contributed by atoms with E-state index in [0.29, 0.717) is 0 Å². The molecule has 4 nitrogen and oxygen atoms in total. The van der Waals surface area contributed by atoms with Gasteiger partial charge in [-0.1, -0.05) is 17.7 Å². The fourth-order valence-electron chi connectivity index (χ4n) is 0.918. The van der Waals surface area contributed by atoms with Crippen LogP contribution in [0.3, 0.4) is 0 Å². The second-order valence-electron chi connectivity index (χ2n) is 2.78. The fraction of sp³-hybridized carbons (Fsp3) is 0.222. The van der Waals surface area contributed by atoms with E-state index < -0.39 is 15.8 Å². The molecule has 0 saturated carbocycles. The molecule has 5 heteroatoms. The molecular weight excluding hydrogens is 202 g/mol. The number of aryl methyl sites for hydroxylation is 1. The maximum absolute atomic E-state index is 11.4. The Morgan fingerprint density at radius 2 is 1.93 bits per heavy atom. The highest BCUT2D eigenvalue weighted by molar-refractivity contribution is 7.91. The van der Waals surface area contributed by atoms with E-state index in [-0.39, 0.29) is 4.90 Å². The lowest BCUT2D eigenvalue weighted by Crippen LogP contribution is -2.07. The molecule has 0 aromatic heterocycles. The summed E-state index contributed by atoms with van der Waals surface area (Å²) in [6, 6.07) is 6.37. The largest absolute Gasteiger partial charge is 0.411 e. The van der Waals surface area contributed by atoms with Gasteiger partial charge in [0.25, 0.3) is 6.26 Å². The molecule has 0 aliphatic rings. The molecule has 0 atom stereocenters. The third-order valence-electron chi connectivity index (χ3n) is 1.66. The lowest BCUT2D eigenvalue weighted by atomic mass is 10.2. The molecule has 1 rings (SSSR count). The minimum Gasteiger partial charge on any atom is -0.411 e. The standard InChI is InChI=1S/C9H9NO3S/c1-8-2-4-9(5-3-8)14(11,12)7-13-6-10/h2-5H,7H2,1H3. The number of nitrogens with zero attached hydrogens (tertiary/aromatic N) is 1. The molecular formula is C9H9NO3S. The quantitative estimate of drug-likeness (QED) is 0.705. The first-order valence-electron chi connectivity index (χ1n) is 3.86. The number of ether oxygens (including phenoxy) is 1. The number of nitriles is 1. The average molecular weight is 211 g/mol. The van der Waals surface area contributed by atoms with Crippen molar-refractivity contribution in [3.8, 4) is 6.26 Å². The Kier molecular flexibility index (Phi) is 3.10. The second-order valence-corrected chi connectivity index (χ2v) is 4.72. The molecule has 0 heterocycles. The number of benzene rings is 1. The van der Waals surface area contributed by atoms with Crippen molar-refractivity contribution in [3.05, 3.63) is 29.8 Å². The molecule has 74 valence electrons. The van der Waals surface area contributed by atoms with Crippen LogP contribution in [0.25, 0.3) is 0 Å². The molecule has 0 bridgehead atoms. The number of hydrogen-bond donors (Lipinski definition) is 0.